The van der Waals surface area contributed by atoms with Gasteiger partial charge in [-0.3, -0.25) is 0 Å². The number of hydrogen-bond acceptors (Lipinski definition) is 2. The zero-order chi connectivity index (χ0) is 17.5. The lowest BCUT2D eigenvalue weighted by molar-refractivity contribution is 0.481. The molecule has 0 spiro atoms. The van der Waals surface area contributed by atoms with Crippen molar-refractivity contribution in [2.45, 2.75) is 13.0 Å². The van der Waals surface area contributed by atoms with Crippen LogP contribution in [0.3, 0.4) is 0 Å². The molecule has 4 heteroatoms. The quantitative estimate of drug-likeness (QED) is 0.505. The van der Waals surface area contributed by atoms with Crippen LogP contribution in [0.2, 0.25) is 10.0 Å². The summed E-state index contributed by atoms with van der Waals surface area (Å²) in [4.78, 5) is 0. The van der Waals surface area contributed by atoms with Gasteiger partial charge in [-0.15, -0.1) is 0 Å². The largest absolute Gasteiger partial charge is 0.457 e. The Hall–Kier alpha value is -2.00. The molecule has 25 heavy (non-hydrogen) atoms. The molecule has 2 nitrogen and oxygen atoms in total. The second-order valence-electron chi connectivity index (χ2n) is 5.76. The summed E-state index contributed by atoms with van der Waals surface area (Å²) < 4.78 is 5.86. The van der Waals surface area contributed by atoms with Crippen LogP contribution >= 0.6 is 23.2 Å². The maximum absolute atomic E-state index is 6.00. The van der Waals surface area contributed by atoms with Crippen LogP contribution < -0.4 is 10.1 Å². The second-order valence-corrected chi connectivity index (χ2v) is 6.63. The summed E-state index contributed by atoms with van der Waals surface area (Å²) in [6.07, 6.45) is 0.946. The molecule has 3 rings (SSSR count). The minimum absolute atomic E-state index is 0.699. The van der Waals surface area contributed by atoms with Crippen molar-refractivity contribution in [3.8, 4) is 11.5 Å². The van der Waals surface area contributed by atoms with Crippen LogP contribution in [-0.2, 0) is 13.0 Å². The van der Waals surface area contributed by atoms with E-state index in [2.05, 4.69) is 17.4 Å². The highest BCUT2D eigenvalue weighted by Gasteiger charge is 2.00. The van der Waals surface area contributed by atoms with Crippen molar-refractivity contribution >= 4 is 23.2 Å². The van der Waals surface area contributed by atoms with Crippen LogP contribution in [0.4, 0.5) is 0 Å². The van der Waals surface area contributed by atoms with Crippen LogP contribution in [-0.4, -0.2) is 6.54 Å². The number of nitrogens with one attached hydrogen (secondary N) is 1. The molecule has 0 saturated carbocycles. The maximum Gasteiger partial charge on any atom is 0.127 e. The Labute approximate surface area is 158 Å². The van der Waals surface area contributed by atoms with Crippen LogP contribution in [0.15, 0.2) is 72.8 Å². The van der Waals surface area contributed by atoms with E-state index in [1.807, 2.05) is 60.7 Å². The van der Waals surface area contributed by atoms with Gasteiger partial charge in [0.25, 0.3) is 0 Å². The van der Waals surface area contributed by atoms with Crippen LogP contribution in [0.25, 0.3) is 0 Å². The molecule has 0 saturated heterocycles. The zero-order valence-electron chi connectivity index (χ0n) is 13.7. The molecule has 0 heterocycles. The highest BCUT2D eigenvalue weighted by atomic mass is 35.5. The molecule has 0 amide bonds. The molecule has 3 aromatic carbocycles. The minimum Gasteiger partial charge on any atom is -0.457 e. The Morgan fingerprint density at radius 3 is 2.28 bits per heavy atom. The summed E-state index contributed by atoms with van der Waals surface area (Å²) in [5.74, 6) is 1.59. The molecule has 0 aliphatic rings. The zero-order valence-corrected chi connectivity index (χ0v) is 15.2. The Kier molecular flexibility index (Phi) is 6.35. The summed E-state index contributed by atoms with van der Waals surface area (Å²) in [7, 11) is 0. The van der Waals surface area contributed by atoms with Crippen molar-refractivity contribution in [3.05, 3.63) is 94.0 Å². The predicted octanol–water partition coefficient (Wildman–Crippen LogP) is 6.12. The first-order chi connectivity index (χ1) is 12.2. The number of ether oxygens (including phenoxy) is 1. The number of rotatable bonds is 7. The minimum atomic E-state index is 0.699. The van der Waals surface area contributed by atoms with E-state index in [9.17, 15) is 0 Å². The van der Waals surface area contributed by atoms with E-state index in [0.717, 1.165) is 36.0 Å². The molecule has 0 aromatic heterocycles. The summed E-state index contributed by atoms with van der Waals surface area (Å²) in [6.45, 7) is 1.68. The lowest BCUT2D eigenvalue weighted by Gasteiger charge is -2.09. The van der Waals surface area contributed by atoms with E-state index in [4.69, 9.17) is 27.9 Å². The van der Waals surface area contributed by atoms with E-state index < -0.39 is 0 Å². The van der Waals surface area contributed by atoms with Crippen molar-refractivity contribution in [2.75, 3.05) is 6.54 Å². The topological polar surface area (TPSA) is 21.3 Å². The molecule has 0 bridgehead atoms. The summed E-state index contributed by atoms with van der Waals surface area (Å²) >= 11 is 11.9. The molecule has 0 unspecified atom stereocenters. The maximum atomic E-state index is 6.00. The smallest absolute Gasteiger partial charge is 0.127 e. The highest BCUT2D eigenvalue weighted by Crippen LogP contribution is 2.23. The van der Waals surface area contributed by atoms with E-state index in [1.165, 1.54) is 11.1 Å². The Morgan fingerprint density at radius 2 is 1.48 bits per heavy atom. The summed E-state index contributed by atoms with van der Waals surface area (Å²) in [5.41, 5.74) is 2.41. The van der Waals surface area contributed by atoms with Gasteiger partial charge in [0.1, 0.15) is 11.5 Å². The monoisotopic (exact) mass is 371 g/mol. The third kappa shape index (κ3) is 5.79. The van der Waals surface area contributed by atoms with Crippen molar-refractivity contribution in [1.29, 1.82) is 0 Å². The van der Waals surface area contributed by atoms with Crippen molar-refractivity contribution in [2.24, 2.45) is 0 Å². The highest BCUT2D eigenvalue weighted by molar-refractivity contribution is 6.30. The average Bonchev–Trinajstić information content (AvgIpc) is 2.61. The third-order valence-electron chi connectivity index (χ3n) is 3.76. The van der Waals surface area contributed by atoms with Crippen molar-refractivity contribution in [3.63, 3.8) is 0 Å². The molecule has 128 valence electrons. The SMILES string of the molecule is Clc1ccc(Oc2cccc(CNCCc3cccc(Cl)c3)c2)cc1. The van der Waals surface area contributed by atoms with E-state index in [0.29, 0.717) is 5.02 Å². The van der Waals surface area contributed by atoms with Gasteiger partial charge in [0.2, 0.25) is 0 Å². The summed E-state index contributed by atoms with van der Waals surface area (Å²) in [6, 6.07) is 23.4. The van der Waals surface area contributed by atoms with Crippen LogP contribution in [0, 0.1) is 0 Å². The van der Waals surface area contributed by atoms with Crippen molar-refractivity contribution in [1.82, 2.24) is 5.32 Å². The van der Waals surface area contributed by atoms with E-state index in [-0.39, 0.29) is 0 Å². The van der Waals surface area contributed by atoms with Gasteiger partial charge in [-0.25, -0.2) is 0 Å². The fourth-order valence-corrected chi connectivity index (χ4v) is 2.85. The van der Waals surface area contributed by atoms with Gasteiger partial charge < -0.3 is 10.1 Å². The van der Waals surface area contributed by atoms with Crippen LogP contribution in [0.5, 0.6) is 11.5 Å². The second kappa shape index (κ2) is 8.91. The molecule has 0 atom stereocenters. The Bertz CT molecular complexity index is 818. The lowest BCUT2D eigenvalue weighted by atomic mass is 10.1. The predicted molar refractivity (Wildman–Crippen MR) is 105 cm³/mol. The number of benzene rings is 3. The molecule has 0 aliphatic heterocycles. The van der Waals surface area contributed by atoms with E-state index >= 15 is 0 Å². The first-order valence-corrected chi connectivity index (χ1v) is 8.92. The van der Waals surface area contributed by atoms with Gasteiger partial charge in [0, 0.05) is 16.6 Å². The molecule has 0 radical (unpaired) electrons. The van der Waals surface area contributed by atoms with Gasteiger partial charge in [0.15, 0.2) is 0 Å². The first kappa shape index (κ1) is 17.8. The van der Waals surface area contributed by atoms with Crippen molar-refractivity contribution < 1.29 is 4.74 Å². The molecular formula is C21H19Cl2NO. The van der Waals surface area contributed by atoms with Gasteiger partial charge >= 0.3 is 0 Å². The molecule has 0 aliphatic carbocycles. The van der Waals surface area contributed by atoms with Crippen LogP contribution in [0.1, 0.15) is 11.1 Å². The number of halogens is 2. The Morgan fingerprint density at radius 1 is 0.720 bits per heavy atom. The average molecular weight is 372 g/mol. The van der Waals surface area contributed by atoms with Gasteiger partial charge in [0.05, 0.1) is 0 Å². The first-order valence-electron chi connectivity index (χ1n) is 8.16. The van der Waals surface area contributed by atoms with Gasteiger partial charge in [-0.05, 0) is 72.6 Å². The molecule has 3 aromatic rings. The molecular weight excluding hydrogens is 353 g/mol. The number of hydrogen-bond donors (Lipinski definition) is 1. The van der Waals surface area contributed by atoms with Gasteiger partial charge in [-0.2, -0.15) is 0 Å². The normalized spacial score (nSPS) is 10.6. The fraction of sp³-hybridized carbons (Fsp3) is 0.143. The van der Waals surface area contributed by atoms with Gasteiger partial charge in [-0.1, -0.05) is 47.5 Å². The molecule has 1 N–H and O–H groups in total. The standard InChI is InChI=1S/C21H19Cl2NO/c22-18-7-9-20(10-8-18)25-21-6-2-4-17(14-21)15-24-12-11-16-3-1-5-19(23)13-16/h1-10,13-14,24H,11-12,15H2. The van der Waals surface area contributed by atoms with E-state index in [1.54, 1.807) is 0 Å². The fourth-order valence-electron chi connectivity index (χ4n) is 2.52. The summed E-state index contributed by atoms with van der Waals surface area (Å²) in [5, 5.41) is 4.93. The lowest BCUT2D eigenvalue weighted by Crippen LogP contribution is -2.16. The molecule has 0 fully saturated rings. The Balaban J connectivity index is 1.50. The third-order valence-corrected chi connectivity index (χ3v) is 4.24.